The first-order chi connectivity index (χ1) is 16.1. The van der Waals surface area contributed by atoms with Gasteiger partial charge in [-0.3, -0.25) is 14.8 Å². The molecule has 33 heavy (non-hydrogen) atoms. The topological polar surface area (TPSA) is 112 Å². The van der Waals surface area contributed by atoms with Gasteiger partial charge in [0.1, 0.15) is 10.8 Å². The summed E-state index contributed by atoms with van der Waals surface area (Å²) in [6, 6.07) is 11.2. The highest BCUT2D eigenvalue weighted by molar-refractivity contribution is 7.98. The van der Waals surface area contributed by atoms with Gasteiger partial charge in [-0.2, -0.15) is 14.6 Å². The van der Waals surface area contributed by atoms with Crippen LogP contribution in [0.25, 0.3) is 28.3 Å². The van der Waals surface area contributed by atoms with Crippen LogP contribution in [-0.4, -0.2) is 48.6 Å². The number of methoxy groups -OCH3 is 1. The van der Waals surface area contributed by atoms with Crippen LogP contribution >= 0.6 is 11.8 Å². The fourth-order valence-electron chi connectivity index (χ4n) is 3.60. The number of thioether (sulfide) groups is 1. The van der Waals surface area contributed by atoms with Crippen LogP contribution in [0.4, 0.5) is 5.95 Å². The van der Waals surface area contributed by atoms with Crippen molar-refractivity contribution < 1.29 is 13.9 Å². The maximum Gasteiger partial charge on any atom is 0.234 e. The Labute approximate surface area is 193 Å². The number of aromatic nitrogens is 6. The van der Waals surface area contributed by atoms with Crippen LogP contribution < -0.4 is 10.1 Å². The highest BCUT2D eigenvalue weighted by Crippen LogP contribution is 2.31. The van der Waals surface area contributed by atoms with Gasteiger partial charge >= 0.3 is 0 Å². The van der Waals surface area contributed by atoms with Gasteiger partial charge in [0.05, 0.1) is 18.8 Å². The van der Waals surface area contributed by atoms with Crippen molar-refractivity contribution >= 4 is 40.3 Å². The second-order valence-corrected chi connectivity index (χ2v) is 8.11. The number of rotatable bonds is 7. The molecule has 0 aliphatic carbocycles. The van der Waals surface area contributed by atoms with Crippen molar-refractivity contribution in [3.8, 4) is 17.3 Å². The van der Waals surface area contributed by atoms with Gasteiger partial charge in [0, 0.05) is 13.5 Å². The van der Waals surface area contributed by atoms with Crippen LogP contribution in [0.5, 0.6) is 5.75 Å². The molecule has 1 amide bonds. The molecule has 0 fully saturated rings. The van der Waals surface area contributed by atoms with Crippen LogP contribution in [0.3, 0.4) is 0 Å². The SMILES string of the molecule is COc1ccc(CCC(=O)Nc2nc3nn(C)c(SC)c3c3nc(-c4ccco4)nn23)cc1. The molecule has 10 nitrogen and oxygen atoms in total. The van der Waals surface area contributed by atoms with E-state index in [-0.39, 0.29) is 18.3 Å². The second kappa shape index (κ2) is 8.58. The van der Waals surface area contributed by atoms with Gasteiger partial charge in [-0.25, -0.2) is 4.98 Å². The van der Waals surface area contributed by atoms with Crippen molar-refractivity contribution in [1.29, 1.82) is 0 Å². The lowest BCUT2D eigenvalue weighted by Gasteiger charge is -2.07. The molecule has 0 unspecified atom stereocenters. The molecule has 5 aromatic rings. The highest BCUT2D eigenvalue weighted by Gasteiger charge is 2.22. The predicted molar refractivity (Wildman–Crippen MR) is 124 cm³/mol. The number of furan rings is 1. The minimum Gasteiger partial charge on any atom is -0.497 e. The predicted octanol–water partition coefficient (Wildman–Crippen LogP) is 3.57. The molecule has 0 spiro atoms. The lowest BCUT2D eigenvalue weighted by Crippen LogP contribution is -2.16. The van der Waals surface area contributed by atoms with Gasteiger partial charge in [-0.15, -0.1) is 16.9 Å². The van der Waals surface area contributed by atoms with E-state index < -0.39 is 0 Å². The average molecular weight is 464 g/mol. The third-order valence-electron chi connectivity index (χ3n) is 5.21. The third-order valence-corrected chi connectivity index (χ3v) is 6.06. The van der Waals surface area contributed by atoms with Crippen LogP contribution in [-0.2, 0) is 18.3 Å². The number of amides is 1. The zero-order valence-corrected chi connectivity index (χ0v) is 19.1. The molecule has 0 aliphatic heterocycles. The molecule has 0 saturated heterocycles. The van der Waals surface area contributed by atoms with Gasteiger partial charge in [-0.1, -0.05) is 12.1 Å². The van der Waals surface area contributed by atoms with Crippen molar-refractivity contribution in [1.82, 2.24) is 29.4 Å². The number of nitrogens with zero attached hydrogens (tertiary/aromatic N) is 6. The Morgan fingerprint density at radius 3 is 2.70 bits per heavy atom. The minimum atomic E-state index is -0.185. The molecule has 0 aliphatic rings. The number of benzene rings is 1. The first-order valence-electron chi connectivity index (χ1n) is 10.2. The van der Waals surface area contributed by atoms with E-state index in [1.165, 1.54) is 4.52 Å². The van der Waals surface area contributed by atoms with E-state index in [0.29, 0.717) is 29.3 Å². The van der Waals surface area contributed by atoms with Gasteiger partial charge in [0.2, 0.25) is 17.7 Å². The van der Waals surface area contributed by atoms with E-state index in [0.717, 1.165) is 21.7 Å². The normalized spacial score (nSPS) is 11.4. The first-order valence-corrected chi connectivity index (χ1v) is 11.4. The fourth-order valence-corrected chi connectivity index (χ4v) is 4.29. The molecule has 0 atom stereocenters. The molecule has 5 rings (SSSR count). The number of hydrogen-bond acceptors (Lipinski definition) is 8. The van der Waals surface area contributed by atoms with Gasteiger partial charge in [0.25, 0.3) is 0 Å². The monoisotopic (exact) mass is 463 g/mol. The largest absolute Gasteiger partial charge is 0.497 e. The number of carbonyl (C=O) groups is 1. The lowest BCUT2D eigenvalue weighted by atomic mass is 10.1. The fraction of sp³-hybridized carbons (Fsp3) is 0.227. The number of nitrogens with one attached hydrogen (secondary N) is 1. The maximum absolute atomic E-state index is 12.8. The number of aryl methyl sites for hydroxylation is 2. The molecule has 1 aromatic carbocycles. The Morgan fingerprint density at radius 2 is 2.00 bits per heavy atom. The molecule has 11 heteroatoms. The van der Waals surface area contributed by atoms with E-state index >= 15 is 0 Å². The number of hydrogen-bond donors (Lipinski definition) is 1. The molecule has 1 N–H and O–H groups in total. The molecule has 0 saturated carbocycles. The quantitative estimate of drug-likeness (QED) is 0.365. The summed E-state index contributed by atoms with van der Waals surface area (Å²) in [6.45, 7) is 0. The zero-order valence-electron chi connectivity index (χ0n) is 18.3. The van der Waals surface area contributed by atoms with E-state index in [1.54, 1.807) is 41.9 Å². The molecule has 168 valence electrons. The summed E-state index contributed by atoms with van der Waals surface area (Å²) in [5.74, 6) is 1.78. The standard InChI is InChI=1S/C22H21N7O3S/c1-28-21(33-3)17-19(26-28)25-22(29-20(17)24-18(27-29)15-5-4-12-32-15)23-16(30)11-8-13-6-9-14(31-2)10-7-13/h4-7,9-10,12H,8,11H2,1-3H3,(H,23,25,26,30). The number of anilines is 1. The minimum absolute atomic E-state index is 0.185. The highest BCUT2D eigenvalue weighted by atomic mass is 32.2. The van der Waals surface area contributed by atoms with Crippen LogP contribution in [0.2, 0.25) is 0 Å². The van der Waals surface area contributed by atoms with Crippen LogP contribution in [0, 0.1) is 0 Å². The molecule has 0 radical (unpaired) electrons. The summed E-state index contributed by atoms with van der Waals surface area (Å²) in [6.07, 6.45) is 4.39. The molecule has 4 heterocycles. The summed E-state index contributed by atoms with van der Waals surface area (Å²) in [5.41, 5.74) is 2.07. The van der Waals surface area contributed by atoms with E-state index in [9.17, 15) is 4.79 Å². The summed E-state index contributed by atoms with van der Waals surface area (Å²) in [5, 5.41) is 13.6. The molecule has 0 bridgehead atoms. The van der Waals surface area contributed by atoms with Crippen LogP contribution in [0.1, 0.15) is 12.0 Å². The lowest BCUT2D eigenvalue weighted by molar-refractivity contribution is -0.116. The summed E-state index contributed by atoms with van der Waals surface area (Å²) in [4.78, 5) is 22.0. The van der Waals surface area contributed by atoms with Gasteiger partial charge < -0.3 is 9.15 Å². The summed E-state index contributed by atoms with van der Waals surface area (Å²) < 4.78 is 13.9. The number of ether oxygens (including phenoxy) is 1. The zero-order chi connectivity index (χ0) is 22.9. The van der Waals surface area contributed by atoms with E-state index in [4.69, 9.17) is 9.15 Å². The average Bonchev–Trinajstić information content (AvgIpc) is 3.56. The summed E-state index contributed by atoms with van der Waals surface area (Å²) >= 11 is 1.54. The summed E-state index contributed by atoms with van der Waals surface area (Å²) in [7, 11) is 3.47. The number of fused-ring (bicyclic) bond motifs is 3. The van der Waals surface area contributed by atoms with Crippen molar-refractivity contribution in [3.05, 3.63) is 48.2 Å². The Morgan fingerprint density at radius 1 is 1.18 bits per heavy atom. The Kier molecular flexibility index (Phi) is 5.47. The van der Waals surface area contributed by atoms with Gasteiger partial charge in [-0.05, 0) is 42.5 Å². The van der Waals surface area contributed by atoms with E-state index in [2.05, 4.69) is 25.5 Å². The Balaban J connectivity index is 1.49. The molecular weight excluding hydrogens is 442 g/mol. The second-order valence-electron chi connectivity index (χ2n) is 7.31. The van der Waals surface area contributed by atoms with Crippen molar-refractivity contribution in [2.45, 2.75) is 17.9 Å². The Bertz CT molecular complexity index is 1440. The van der Waals surface area contributed by atoms with Gasteiger partial charge in [0.15, 0.2) is 17.1 Å². The van der Waals surface area contributed by atoms with Crippen LogP contribution in [0.15, 0.2) is 52.1 Å². The molecular formula is C22H21N7O3S. The number of carbonyl (C=O) groups excluding carboxylic acids is 1. The third kappa shape index (κ3) is 3.91. The van der Waals surface area contributed by atoms with E-state index in [1.807, 2.05) is 37.6 Å². The maximum atomic E-state index is 12.8. The first kappa shape index (κ1) is 21.0. The van der Waals surface area contributed by atoms with Crippen molar-refractivity contribution in [3.63, 3.8) is 0 Å². The van der Waals surface area contributed by atoms with Crippen molar-refractivity contribution in [2.75, 3.05) is 18.7 Å². The van der Waals surface area contributed by atoms with Crippen molar-refractivity contribution in [2.24, 2.45) is 7.05 Å². The smallest absolute Gasteiger partial charge is 0.234 e. The molecule has 4 aromatic heterocycles. The Hall–Kier alpha value is -3.86.